The fraction of sp³-hybridized carbons (Fsp3) is 0.316. The van der Waals surface area contributed by atoms with Crippen LogP contribution in [0.25, 0.3) is 0 Å². The predicted molar refractivity (Wildman–Crippen MR) is 110 cm³/mol. The molecule has 1 aromatic carbocycles. The molecule has 0 aliphatic rings. The van der Waals surface area contributed by atoms with Crippen LogP contribution in [0.4, 0.5) is 17.3 Å². The Balaban J connectivity index is 1.95. The Morgan fingerprint density at radius 3 is 2.52 bits per heavy atom. The van der Waals surface area contributed by atoms with Crippen molar-refractivity contribution in [1.29, 1.82) is 0 Å². The van der Waals surface area contributed by atoms with Gasteiger partial charge in [-0.05, 0) is 36.6 Å². The zero-order valence-corrected chi connectivity index (χ0v) is 17.3. The van der Waals surface area contributed by atoms with E-state index in [1.807, 2.05) is 39.8 Å². The number of nitrogens with one attached hydrogen (secondary N) is 2. The largest absolute Gasteiger partial charge is 0.546 e. The molecule has 10 heteroatoms. The number of primary amides is 1. The minimum absolute atomic E-state index is 0.0419. The topological polar surface area (TPSA) is 149 Å². The second-order valence-electron chi connectivity index (χ2n) is 7.69. The summed E-state index contributed by atoms with van der Waals surface area (Å²) in [5.74, 6) is 0.797. The highest BCUT2D eigenvalue weighted by Crippen LogP contribution is 2.39. The number of nitrogens with two attached hydrogens (primary N) is 1. The molecule has 0 bridgehead atoms. The van der Waals surface area contributed by atoms with Crippen molar-refractivity contribution in [2.45, 2.75) is 33.7 Å². The first kappa shape index (κ1) is 20.6. The van der Waals surface area contributed by atoms with Gasteiger partial charge in [0.1, 0.15) is 11.5 Å². The van der Waals surface area contributed by atoms with Crippen molar-refractivity contribution >= 4 is 34.4 Å². The third kappa shape index (κ3) is 4.49. The molecule has 0 spiro atoms. The number of benzene rings is 1. The molecule has 29 heavy (non-hydrogen) atoms. The number of carbonyl (C=O) groups excluding carboxylic acids is 1. The Morgan fingerprint density at radius 1 is 1.24 bits per heavy atom. The van der Waals surface area contributed by atoms with Crippen LogP contribution in [0.2, 0.25) is 0 Å². The van der Waals surface area contributed by atoms with Gasteiger partial charge in [-0.15, -0.1) is 0 Å². The monoisotopic (exact) mass is 417 g/mol. The number of amides is 1. The van der Waals surface area contributed by atoms with Gasteiger partial charge in [-0.2, -0.15) is 0 Å². The van der Waals surface area contributed by atoms with Crippen LogP contribution in [0.5, 0.6) is 5.75 Å². The lowest BCUT2D eigenvalue weighted by molar-refractivity contribution is 0.0998. The first-order valence-electron chi connectivity index (χ1n) is 8.87. The highest BCUT2D eigenvalue weighted by Gasteiger charge is 2.32. The van der Waals surface area contributed by atoms with Crippen molar-refractivity contribution in [1.82, 2.24) is 8.75 Å². The molecule has 1 amide bonds. The van der Waals surface area contributed by atoms with Crippen molar-refractivity contribution in [3.63, 3.8) is 0 Å². The first-order chi connectivity index (χ1) is 13.6. The number of rotatable bonds is 6. The van der Waals surface area contributed by atoms with E-state index in [2.05, 4.69) is 19.4 Å². The molecular weight excluding hydrogens is 394 g/mol. The molecule has 0 aliphatic heterocycles. The van der Waals surface area contributed by atoms with E-state index in [-0.39, 0.29) is 40.1 Å². The first-order valence-corrected chi connectivity index (χ1v) is 9.94. The van der Waals surface area contributed by atoms with Crippen LogP contribution in [0.1, 0.15) is 48.7 Å². The minimum Gasteiger partial charge on any atom is -0.546 e. The summed E-state index contributed by atoms with van der Waals surface area (Å²) in [5.41, 5.74) is 5.15. The van der Waals surface area contributed by atoms with Gasteiger partial charge in [0.05, 0.1) is 17.3 Å². The van der Waals surface area contributed by atoms with Crippen molar-refractivity contribution in [2.24, 2.45) is 11.1 Å². The summed E-state index contributed by atoms with van der Waals surface area (Å²) >= 11 is -1.82. The number of hydrogen-bond donors (Lipinski definition) is 4. The van der Waals surface area contributed by atoms with Gasteiger partial charge >= 0.3 is 0 Å². The van der Waals surface area contributed by atoms with E-state index in [0.717, 1.165) is 5.76 Å². The number of carbonyl (C=O) groups is 1. The minimum atomic E-state index is -1.82. The zero-order chi connectivity index (χ0) is 21.3. The molecule has 0 radical (unpaired) electrons. The average molecular weight is 417 g/mol. The normalized spacial score (nSPS) is 13.2. The van der Waals surface area contributed by atoms with E-state index in [9.17, 15) is 14.5 Å². The van der Waals surface area contributed by atoms with Crippen LogP contribution in [-0.4, -0.2) is 24.3 Å². The predicted octanol–water partition coefficient (Wildman–Crippen LogP) is 3.85. The summed E-state index contributed by atoms with van der Waals surface area (Å²) in [7, 11) is 0. The van der Waals surface area contributed by atoms with Gasteiger partial charge in [0.15, 0.2) is 16.9 Å². The van der Waals surface area contributed by atoms with E-state index in [4.69, 9.17) is 10.2 Å². The van der Waals surface area contributed by atoms with Crippen LogP contribution in [-0.2, 0) is 0 Å². The van der Waals surface area contributed by atoms with E-state index >= 15 is 0 Å². The van der Waals surface area contributed by atoms with Crippen molar-refractivity contribution in [3.05, 3.63) is 47.4 Å². The van der Waals surface area contributed by atoms with Crippen LogP contribution < -0.4 is 16.4 Å². The zero-order valence-electron chi connectivity index (χ0n) is 16.5. The molecule has 1 unspecified atom stereocenters. The summed E-state index contributed by atoms with van der Waals surface area (Å²) in [4.78, 5) is 11.5. The number of phenols is 1. The molecule has 0 saturated heterocycles. The fourth-order valence-electron chi connectivity index (χ4n) is 2.87. The van der Waals surface area contributed by atoms with E-state index < -0.39 is 17.0 Å². The summed E-state index contributed by atoms with van der Waals surface area (Å²) in [6, 6.07) is 7.95. The molecule has 0 fully saturated rings. The second kappa shape index (κ2) is 7.72. The fourth-order valence-corrected chi connectivity index (χ4v) is 3.49. The Hall–Kier alpha value is -3.11. The van der Waals surface area contributed by atoms with Crippen LogP contribution in [0.15, 0.2) is 34.7 Å². The average Bonchev–Trinajstić information content (AvgIpc) is 3.18. The second-order valence-corrected chi connectivity index (χ2v) is 8.52. The van der Waals surface area contributed by atoms with Gasteiger partial charge in [-0.1, -0.05) is 26.8 Å². The molecule has 0 saturated carbocycles. The molecular formula is C19H23N5O4S. The molecule has 2 atom stereocenters. The maximum atomic E-state index is 12.0. The summed E-state index contributed by atoms with van der Waals surface area (Å²) in [6.07, 6.45) is 0. The Labute approximate surface area is 171 Å². The number of aryl methyl sites for hydroxylation is 1. The van der Waals surface area contributed by atoms with Gasteiger partial charge in [0.2, 0.25) is 11.6 Å². The van der Waals surface area contributed by atoms with Crippen LogP contribution in [0.3, 0.4) is 0 Å². The number of nitrogens with zero attached hydrogens (tertiary/aromatic N) is 2. The third-order valence-electron chi connectivity index (χ3n) is 4.31. The highest BCUT2D eigenvalue weighted by molar-refractivity contribution is 7.14. The lowest BCUT2D eigenvalue weighted by Gasteiger charge is -2.29. The van der Waals surface area contributed by atoms with Crippen molar-refractivity contribution < 1.29 is 18.9 Å². The van der Waals surface area contributed by atoms with Gasteiger partial charge in [-0.3, -0.25) is 4.79 Å². The van der Waals surface area contributed by atoms with Gasteiger partial charge in [0.25, 0.3) is 5.91 Å². The number of aromatic hydroxyl groups is 1. The maximum absolute atomic E-state index is 12.0. The lowest BCUT2D eigenvalue weighted by atomic mass is 9.85. The van der Waals surface area contributed by atoms with Crippen LogP contribution in [0, 0.1) is 12.3 Å². The molecule has 3 aromatic rings. The van der Waals surface area contributed by atoms with Crippen molar-refractivity contribution in [2.75, 3.05) is 10.6 Å². The lowest BCUT2D eigenvalue weighted by Crippen LogP contribution is -2.25. The molecule has 2 aromatic heterocycles. The quantitative estimate of drug-likeness (QED) is 0.349. The Morgan fingerprint density at radius 2 is 1.93 bits per heavy atom. The molecule has 9 nitrogen and oxygen atoms in total. The SMILES string of the molecule is Cc1ccc([C@H](Nc2n[s+]([O-])nc2Nc2cccc(C(N)=O)c2O)C(C)(C)C)o1. The molecule has 0 aliphatic carbocycles. The number of furan rings is 1. The van der Waals surface area contributed by atoms with Crippen molar-refractivity contribution in [3.8, 4) is 5.75 Å². The maximum Gasteiger partial charge on any atom is 0.252 e. The van der Waals surface area contributed by atoms with Crippen LogP contribution >= 0.6 is 11.1 Å². The van der Waals surface area contributed by atoms with Gasteiger partial charge in [-0.25, -0.2) is 0 Å². The number of anilines is 3. The molecule has 2 heterocycles. The summed E-state index contributed by atoms with van der Waals surface area (Å²) < 4.78 is 25.8. The van der Waals surface area contributed by atoms with E-state index in [1.54, 1.807) is 12.1 Å². The number of hydrogen-bond acceptors (Lipinski definition) is 8. The summed E-state index contributed by atoms with van der Waals surface area (Å²) in [6.45, 7) is 7.94. The van der Waals surface area contributed by atoms with Gasteiger partial charge < -0.3 is 30.4 Å². The highest BCUT2D eigenvalue weighted by atomic mass is 32.2. The Kier molecular flexibility index (Phi) is 5.49. The van der Waals surface area contributed by atoms with E-state index in [0.29, 0.717) is 5.76 Å². The van der Waals surface area contributed by atoms with Gasteiger partial charge in [0, 0.05) is 8.75 Å². The number of aromatic nitrogens is 2. The molecule has 3 rings (SSSR count). The smallest absolute Gasteiger partial charge is 0.252 e. The molecule has 154 valence electrons. The van der Waals surface area contributed by atoms with E-state index in [1.165, 1.54) is 6.07 Å². The third-order valence-corrected chi connectivity index (χ3v) is 4.99. The number of para-hydroxylation sites is 1. The Bertz CT molecular complexity index is 1040. The molecule has 5 N–H and O–H groups in total. The summed E-state index contributed by atoms with van der Waals surface area (Å²) in [5, 5.41) is 16.4. The standard InChI is InChI=1S/C19H23N5O4S/c1-10-8-9-13(28-10)15(19(2,3)4)22-18-17(23-29(27)24-18)21-12-7-5-6-11(14(12)25)16(20)26/h5-9,15,25H,1-4H3,(H2,20,26)(H,21,23)(H,22,24)/t15-,29?/m0/s1.